The van der Waals surface area contributed by atoms with Gasteiger partial charge in [-0.3, -0.25) is 4.68 Å². The molecule has 90 valence electrons. The van der Waals surface area contributed by atoms with E-state index in [9.17, 15) is 5.11 Å². The van der Waals surface area contributed by atoms with E-state index in [0.29, 0.717) is 0 Å². The van der Waals surface area contributed by atoms with Crippen LogP contribution in [0.2, 0.25) is 0 Å². The predicted octanol–water partition coefficient (Wildman–Crippen LogP) is 1.96. The Morgan fingerprint density at radius 2 is 2.19 bits per heavy atom. The first-order chi connectivity index (χ1) is 7.57. The van der Waals surface area contributed by atoms with Gasteiger partial charge in [0, 0.05) is 14.2 Å². The summed E-state index contributed by atoms with van der Waals surface area (Å²) < 4.78 is 7.95. The van der Waals surface area contributed by atoms with Crippen molar-refractivity contribution in [2.45, 2.75) is 37.4 Å². The second-order valence-electron chi connectivity index (χ2n) is 4.43. The molecule has 0 unspecified atom stereocenters. The lowest BCUT2D eigenvalue weighted by Gasteiger charge is -2.35. The van der Waals surface area contributed by atoms with Gasteiger partial charge in [0.15, 0.2) is 0 Å². The molecule has 0 bridgehead atoms. The summed E-state index contributed by atoms with van der Waals surface area (Å²) in [5, 5.41) is 14.8. The van der Waals surface area contributed by atoms with Gasteiger partial charge in [-0.05, 0) is 41.6 Å². The van der Waals surface area contributed by atoms with E-state index in [1.54, 1.807) is 18.0 Å². The van der Waals surface area contributed by atoms with Crippen molar-refractivity contribution in [2.75, 3.05) is 7.11 Å². The fourth-order valence-corrected chi connectivity index (χ4v) is 3.19. The molecule has 0 saturated heterocycles. The van der Waals surface area contributed by atoms with E-state index < -0.39 is 5.60 Å². The number of halogens is 1. The van der Waals surface area contributed by atoms with E-state index in [1.165, 1.54) is 0 Å². The topological polar surface area (TPSA) is 47.3 Å². The van der Waals surface area contributed by atoms with Crippen molar-refractivity contribution < 1.29 is 9.84 Å². The van der Waals surface area contributed by atoms with Crippen molar-refractivity contribution in [1.82, 2.24) is 9.78 Å². The molecule has 16 heavy (non-hydrogen) atoms. The maximum atomic E-state index is 10.7. The highest BCUT2D eigenvalue weighted by Gasteiger charge is 2.38. The number of ether oxygens (including phenoxy) is 1. The first kappa shape index (κ1) is 12.1. The van der Waals surface area contributed by atoms with Crippen LogP contribution in [0.3, 0.4) is 0 Å². The number of methoxy groups -OCH3 is 1. The third-order valence-corrected chi connectivity index (χ3v) is 4.01. The highest BCUT2D eigenvalue weighted by molar-refractivity contribution is 9.10. The summed E-state index contributed by atoms with van der Waals surface area (Å²) in [6.07, 6.45) is 5.25. The molecule has 1 saturated carbocycles. The Morgan fingerprint density at radius 3 is 2.62 bits per heavy atom. The molecule has 1 aliphatic carbocycles. The zero-order valence-electron chi connectivity index (χ0n) is 9.61. The molecule has 1 aliphatic rings. The van der Waals surface area contributed by atoms with Gasteiger partial charge < -0.3 is 9.84 Å². The van der Waals surface area contributed by atoms with E-state index in [1.807, 2.05) is 7.05 Å². The van der Waals surface area contributed by atoms with Crippen LogP contribution < -0.4 is 0 Å². The Balaban J connectivity index is 2.21. The van der Waals surface area contributed by atoms with Gasteiger partial charge in [-0.25, -0.2) is 0 Å². The zero-order valence-corrected chi connectivity index (χ0v) is 11.2. The van der Waals surface area contributed by atoms with Crippen LogP contribution in [0.4, 0.5) is 0 Å². The minimum atomic E-state index is -0.765. The average molecular weight is 289 g/mol. The third-order valence-electron chi connectivity index (χ3n) is 3.43. The van der Waals surface area contributed by atoms with Crippen LogP contribution in [0.25, 0.3) is 0 Å². The van der Waals surface area contributed by atoms with Crippen molar-refractivity contribution in [2.24, 2.45) is 7.05 Å². The Labute approximate surface area is 104 Å². The summed E-state index contributed by atoms with van der Waals surface area (Å²) in [6.45, 7) is 0. The molecule has 1 fully saturated rings. The molecule has 0 amide bonds. The standard InChI is InChI=1S/C11H17BrN2O2/c1-14-10(9(12)7-13-14)11(15)5-3-8(16-2)4-6-11/h7-8,15H,3-6H2,1-2H3. The fourth-order valence-electron chi connectivity index (χ4n) is 2.48. The average Bonchev–Trinajstić information content (AvgIpc) is 2.60. The molecular weight excluding hydrogens is 272 g/mol. The Kier molecular flexibility index (Phi) is 3.37. The maximum Gasteiger partial charge on any atom is 0.107 e. The van der Waals surface area contributed by atoms with Crippen LogP contribution in [-0.2, 0) is 17.4 Å². The predicted molar refractivity (Wildman–Crippen MR) is 64.1 cm³/mol. The second-order valence-corrected chi connectivity index (χ2v) is 5.29. The monoisotopic (exact) mass is 288 g/mol. The summed E-state index contributed by atoms with van der Waals surface area (Å²) in [5.74, 6) is 0. The highest BCUT2D eigenvalue weighted by atomic mass is 79.9. The lowest BCUT2D eigenvalue weighted by atomic mass is 9.81. The van der Waals surface area contributed by atoms with Gasteiger partial charge in [0.05, 0.1) is 22.5 Å². The van der Waals surface area contributed by atoms with E-state index in [-0.39, 0.29) is 6.10 Å². The SMILES string of the molecule is COC1CCC(O)(c2c(Br)cnn2C)CC1. The molecule has 2 rings (SSSR count). The van der Waals surface area contributed by atoms with Crippen LogP contribution in [0.15, 0.2) is 10.7 Å². The quantitative estimate of drug-likeness (QED) is 0.905. The zero-order chi connectivity index (χ0) is 11.8. The van der Waals surface area contributed by atoms with Crippen LogP contribution >= 0.6 is 15.9 Å². The van der Waals surface area contributed by atoms with Crippen LogP contribution in [0, 0.1) is 0 Å². The minimum absolute atomic E-state index is 0.285. The third kappa shape index (κ3) is 2.04. The Morgan fingerprint density at radius 1 is 1.56 bits per heavy atom. The highest BCUT2D eigenvalue weighted by Crippen LogP contribution is 2.40. The van der Waals surface area contributed by atoms with Crippen LogP contribution in [-0.4, -0.2) is 28.1 Å². The van der Waals surface area contributed by atoms with Crippen LogP contribution in [0.1, 0.15) is 31.4 Å². The summed E-state index contributed by atoms with van der Waals surface area (Å²) in [5.41, 5.74) is 0.112. The summed E-state index contributed by atoms with van der Waals surface area (Å²) in [6, 6.07) is 0. The van der Waals surface area contributed by atoms with Gasteiger partial charge in [-0.2, -0.15) is 5.10 Å². The molecule has 1 aromatic heterocycles. The van der Waals surface area contributed by atoms with E-state index in [4.69, 9.17) is 4.74 Å². The molecule has 0 aromatic carbocycles. The minimum Gasteiger partial charge on any atom is -0.384 e. The number of hydrogen-bond donors (Lipinski definition) is 1. The molecule has 0 radical (unpaired) electrons. The van der Waals surface area contributed by atoms with E-state index in [0.717, 1.165) is 35.8 Å². The molecule has 0 aliphatic heterocycles. The lowest BCUT2D eigenvalue weighted by Crippen LogP contribution is -2.36. The van der Waals surface area contributed by atoms with Gasteiger partial charge in [-0.15, -0.1) is 0 Å². The summed E-state index contributed by atoms with van der Waals surface area (Å²) in [4.78, 5) is 0. The number of rotatable bonds is 2. The van der Waals surface area contributed by atoms with Crippen molar-refractivity contribution >= 4 is 15.9 Å². The molecule has 0 spiro atoms. The number of nitrogens with zero attached hydrogens (tertiary/aromatic N) is 2. The van der Waals surface area contributed by atoms with Gasteiger partial charge in [0.2, 0.25) is 0 Å². The number of hydrogen-bond acceptors (Lipinski definition) is 3. The fraction of sp³-hybridized carbons (Fsp3) is 0.727. The van der Waals surface area contributed by atoms with E-state index >= 15 is 0 Å². The van der Waals surface area contributed by atoms with Gasteiger partial charge in [0.25, 0.3) is 0 Å². The van der Waals surface area contributed by atoms with Gasteiger partial charge in [0.1, 0.15) is 5.60 Å². The Bertz CT molecular complexity index is 351. The molecular formula is C11H17BrN2O2. The first-order valence-corrected chi connectivity index (χ1v) is 6.29. The maximum absolute atomic E-state index is 10.7. The van der Waals surface area contributed by atoms with Crippen LogP contribution in [0.5, 0.6) is 0 Å². The molecule has 1 aromatic rings. The summed E-state index contributed by atoms with van der Waals surface area (Å²) in [7, 11) is 3.59. The molecule has 1 N–H and O–H groups in total. The molecule has 5 heteroatoms. The second kappa shape index (κ2) is 4.47. The Hall–Kier alpha value is -0.390. The van der Waals surface area contributed by atoms with Crippen molar-refractivity contribution in [3.8, 4) is 0 Å². The van der Waals surface area contributed by atoms with E-state index in [2.05, 4.69) is 21.0 Å². The number of aliphatic hydroxyl groups is 1. The smallest absolute Gasteiger partial charge is 0.107 e. The lowest BCUT2D eigenvalue weighted by molar-refractivity contribution is -0.0526. The molecule has 1 heterocycles. The normalized spacial score (nSPS) is 30.6. The van der Waals surface area contributed by atoms with Crippen molar-refractivity contribution in [1.29, 1.82) is 0 Å². The molecule has 0 atom stereocenters. The van der Waals surface area contributed by atoms with Gasteiger partial charge in [-0.1, -0.05) is 0 Å². The number of aryl methyl sites for hydroxylation is 1. The van der Waals surface area contributed by atoms with Crippen molar-refractivity contribution in [3.05, 3.63) is 16.4 Å². The summed E-state index contributed by atoms with van der Waals surface area (Å²) >= 11 is 3.45. The molecule has 4 nitrogen and oxygen atoms in total. The number of aromatic nitrogens is 2. The van der Waals surface area contributed by atoms with Gasteiger partial charge >= 0.3 is 0 Å². The van der Waals surface area contributed by atoms with Crippen molar-refractivity contribution in [3.63, 3.8) is 0 Å². The first-order valence-electron chi connectivity index (χ1n) is 5.50. The largest absolute Gasteiger partial charge is 0.384 e.